The lowest BCUT2D eigenvalue weighted by atomic mass is 9.74. The van der Waals surface area contributed by atoms with Gasteiger partial charge in [-0.15, -0.1) is 20.3 Å². The lowest BCUT2D eigenvalue weighted by molar-refractivity contribution is 0.324. The Bertz CT molecular complexity index is 1360. The van der Waals surface area contributed by atoms with Gasteiger partial charge in [-0.3, -0.25) is 0 Å². The number of hydrogen-bond donors (Lipinski definition) is 4. The van der Waals surface area contributed by atoms with E-state index in [1.165, 1.54) is 48.5 Å². The maximum absolute atomic E-state index is 14.2. The summed E-state index contributed by atoms with van der Waals surface area (Å²) in [6, 6.07) is 25.3. The lowest BCUT2D eigenvalue weighted by Gasteiger charge is -2.35. The highest BCUT2D eigenvalue weighted by molar-refractivity contribution is 7.69. The molecule has 2 aliphatic rings. The SMILES string of the molecule is CC(C)[C@@H]1N[P+]2(N[C@@H](C(C)C)C(c3ccc(F)cc3)(c3ccc(F)cc3)N2)NC1(c1ccc(F)cc1)c1ccc(F)cc1. The predicted molar refractivity (Wildman–Crippen MR) is 164 cm³/mol. The van der Waals surface area contributed by atoms with Crippen LogP contribution in [0.15, 0.2) is 97.1 Å². The fourth-order valence-corrected chi connectivity index (χ4v) is 11.0. The average Bonchev–Trinajstić information content (AvgIpc) is 3.51. The quantitative estimate of drug-likeness (QED) is 0.135. The number of benzene rings is 4. The summed E-state index contributed by atoms with van der Waals surface area (Å²) in [6.07, 6.45) is 0. The molecule has 0 aromatic heterocycles. The molecule has 4 nitrogen and oxygen atoms in total. The molecule has 2 saturated heterocycles. The van der Waals surface area contributed by atoms with E-state index in [9.17, 15) is 17.6 Å². The smallest absolute Gasteiger partial charge is 0.207 e. The molecular weight excluding hydrogens is 571 g/mol. The zero-order valence-corrected chi connectivity index (χ0v) is 25.4. The van der Waals surface area contributed by atoms with Crippen LogP contribution in [0.4, 0.5) is 17.6 Å². The first-order chi connectivity index (χ1) is 20.5. The molecule has 2 aliphatic heterocycles. The van der Waals surface area contributed by atoms with Gasteiger partial charge < -0.3 is 0 Å². The first-order valence-electron chi connectivity index (χ1n) is 14.6. The van der Waals surface area contributed by atoms with Gasteiger partial charge >= 0.3 is 7.87 Å². The summed E-state index contributed by atoms with van der Waals surface area (Å²) in [5, 5.41) is 15.8. The third-order valence-electron chi connectivity index (χ3n) is 8.82. The van der Waals surface area contributed by atoms with Crippen LogP contribution in [0.25, 0.3) is 0 Å². The van der Waals surface area contributed by atoms with Crippen LogP contribution in [-0.2, 0) is 11.1 Å². The number of hydrogen-bond acceptors (Lipinski definition) is 4. The summed E-state index contributed by atoms with van der Waals surface area (Å²) in [4.78, 5) is 0. The van der Waals surface area contributed by atoms with Gasteiger partial charge in [0.25, 0.3) is 0 Å². The zero-order chi connectivity index (χ0) is 30.6. The molecule has 0 amide bonds. The molecule has 0 unspecified atom stereocenters. The van der Waals surface area contributed by atoms with Crippen molar-refractivity contribution >= 4 is 7.87 Å². The van der Waals surface area contributed by atoms with Crippen molar-refractivity contribution in [2.75, 3.05) is 0 Å². The monoisotopic (exact) mass is 607 g/mol. The molecule has 4 aromatic rings. The van der Waals surface area contributed by atoms with Gasteiger partial charge in [-0.1, -0.05) is 76.2 Å². The van der Waals surface area contributed by atoms with Crippen LogP contribution in [0.2, 0.25) is 0 Å². The minimum atomic E-state index is -2.74. The van der Waals surface area contributed by atoms with E-state index >= 15 is 0 Å². The Balaban J connectivity index is 1.58. The van der Waals surface area contributed by atoms with E-state index < -0.39 is 18.9 Å². The number of rotatable bonds is 6. The summed E-state index contributed by atoms with van der Waals surface area (Å²) < 4.78 is 56.9. The molecule has 1 spiro atoms. The van der Waals surface area contributed by atoms with E-state index in [0.29, 0.717) is 0 Å². The first-order valence-corrected chi connectivity index (χ1v) is 16.4. The first kappa shape index (κ1) is 29.9. The predicted octanol–water partition coefficient (Wildman–Crippen LogP) is 7.54. The second-order valence-electron chi connectivity index (χ2n) is 12.2. The summed E-state index contributed by atoms with van der Waals surface area (Å²) in [7, 11) is -2.74. The summed E-state index contributed by atoms with van der Waals surface area (Å²) in [5.74, 6) is -1.24. The Morgan fingerprint density at radius 1 is 0.465 bits per heavy atom. The van der Waals surface area contributed by atoms with E-state index in [1.54, 1.807) is 48.5 Å². The van der Waals surface area contributed by atoms with Gasteiger partial charge in [0.15, 0.2) is 0 Å². The molecule has 0 radical (unpaired) electrons. The van der Waals surface area contributed by atoms with Gasteiger partial charge in [0.1, 0.15) is 34.3 Å². The summed E-state index contributed by atoms with van der Waals surface area (Å²) >= 11 is 0. The summed E-state index contributed by atoms with van der Waals surface area (Å²) in [5.41, 5.74) is 1.55. The topological polar surface area (TPSA) is 48.1 Å². The average molecular weight is 608 g/mol. The standard InChI is InChI=1S/C34H36F4N4P/c1-21(2)31-33(23-5-13-27(35)14-6-23,24-7-15-28(36)16-8-24)41-43(39-31)40-32(22(3)4)34(42-43,25-9-17-29(37)18-10-25)26-11-19-30(38)20-12-26/h5-22,31-32,39-42H,1-4H3/q+1/t31-,32-,43?/m0/s1. The van der Waals surface area contributed by atoms with Crippen LogP contribution in [0.1, 0.15) is 49.9 Å². The molecule has 4 aromatic carbocycles. The molecule has 43 heavy (non-hydrogen) atoms. The Labute approximate surface area is 250 Å². The number of nitrogens with one attached hydrogen (secondary N) is 4. The highest BCUT2D eigenvalue weighted by Gasteiger charge is 2.71. The molecule has 2 heterocycles. The van der Waals surface area contributed by atoms with Crippen molar-refractivity contribution in [1.82, 2.24) is 20.3 Å². The van der Waals surface area contributed by atoms with Crippen LogP contribution in [0.3, 0.4) is 0 Å². The van der Waals surface area contributed by atoms with E-state index in [2.05, 4.69) is 48.0 Å². The maximum atomic E-state index is 14.2. The maximum Gasteiger partial charge on any atom is 0.301 e. The van der Waals surface area contributed by atoms with Crippen LogP contribution in [0, 0.1) is 35.1 Å². The van der Waals surface area contributed by atoms with E-state index in [-0.39, 0.29) is 47.2 Å². The van der Waals surface area contributed by atoms with Crippen molar-refractivity contribution < 1.29 is 17.6 Å². The molecule has 4 N–H and O–H groups in total. The van der Waals surface area contributed by atoms with Crippen LogP contribution in [-0.4, -0.2) is 12.1 Å². The van der Waals surface area contributed by atoms with Gasteiger partial charge in [-0.25, -0.2) is 17.6 Å². The van der Waals surface area contributed by atoms with Crippen molar-refractivity contribution in [2.24, 2.45) is 11.8 Å². The van der Waals surface area contributed by atoms with E-state index in [0.717, 1.165) is 22.3 Å². The third-order valence-corrected chi connectivity index (χ3v) is 11.5. The van der Waals surface area contributed by atoms with Gasteiger partial charge in [-0.2, -0.15) is 0 Å². The van der Waals surface area contributed by atoms with Crippen molar-refractivity contribution in [1.29, 1.82) is 0 Å². The zero-order valence-electron chi connectivity index (χ0n) is 24.5. The Hall–Kier alpha value is -3.13. The van der Waals surface area contributed by atoms with Crippen LogP contribution in [0.5, 0.6) is 0 Å². The van der Waals surface area contributed by atoms with Crippen molar-refractivity contribution in [3.8, 4) is 0 Å². The van der Waals surface area contributed by atoms with E-state index in [4.69, 9.17) is 0 Å². The normalized spacial score (nSPS) is 22.1. The molecule has 0 aliphatic carbocycles. The second-order valence-corrected chi connectivity index (χ2v) is 14.5. The van der Waals surface area contributed by atoms with Gasteiger partial charge in [-0.05, 0) is 82.6 Å². The van der Waals surface area contributed by atoms with Crippen molar-refractivity contribution in [3.63, 3.8) is 0 Å². The van der Waals surface area contributed by atoms with Crippen LogP contribution >= 0.6 is 7.87 Å². The summed E-state index contributed by atoms with van der Waals surface area (Å²) in [6.45, 7) is 8.47. The van der Waals surface area contributed by atoms with Crippen molar-refractivity contribution in [3.05, 3.63) is 143 Å². The molecule has 0 saturated carbocycles. The Morgan fingerprint density at radius 3 is 0.907 bits per heavy atom. The number of halogens is 4. The second kappa shape index (κ2) is 11.1. The molecule has 0 bridgehead atoms. The largest absolute Gasteiger partial charge is 0.301 e. The van der Waals surface area contributed by atoms with Crippen molar-refractivity contribution in [2.45, 2.75) is 50.9 Å². The van der Waals surface area contributed by atoms with Gasteiger partial charge in [0.2, 0.25) is 0 Å². The van der Waals surface area contributed by atoms with Gasteiger partial charge in [0, 0.05) is 0 Å². The van der Waals surface area contributed by atoms with Gasteiger partial charge in [0.05, 0.1) is 12.1 Å². The molecule has 9 heteroatoms. The Kier molecular flexibility index (Phi) is 7.72. The molecular formula is C34H36F4N4P+. The highest BCUT2D eigenvalue weighted by atomic mass is 31.2. The Morgan fingerprint density at radius 2 is 0.698 bits per heavy atom. The molecule has 2 fully saturated rings. The molecule has 6 rings (SSSR count). The molecule has 2 atom stereocenters. The fourth-order valence-electron chi connectivity index (χ4n) is 6.93. The van der Waals surface area contributed by atoms with Crippen LogP contribution < -0.4 is 20.3 Å². The minimum Gasteiger partial charge on any atom is -0.207 e. The van der Waals surface area contributed by atoms with E-state index in [1.807, 2.05) is 0 Å². The highest BCUT2D eigenvalue weighted by Crippen LogP contribution is 2.65. The molecule has 224 valence electrons. The lowest BCUT2D eigenvalue weighted by Crippen LogP contribution is -2.50. The third kappa shape index (κ3) is 4.99. The minimum absolute atomic E-state index is 0.0784. The fraction of sp³-hybridized carbons (Fsp3) is 0.294.